The molecule has 1 heterocycles. The molecular weight excluding hydrogens is 1030 g/mol. The second kappa shape index (κ2) is 33.3. The van der Waals surface area contributed by atoms with Gasteiger partial charge in [0.2, 0.25) is 53.2 Å². The van der Waals surface area contributed by atoms with E-state index in [1.165, 1.54) is 13.8 Å². The van der Waals surface area contributed by atoms with Gasteiger partial charge in [-0.2, -0.15) is 0 Å². The predicted molar refractivity (Wildman–Crippen MR) is 287 cm³/mol. The number of nitrogens with one attached hydrogen (secondary N) is 10. The zero-order chi connectivity index (χ0) is 58.9. The van der Waals surface area contributed by atoms with Gasteiger partial charge in [0.05, 0.1) is 43.9 Å². The average molecular weight is 1110 g/mol. The van der Waals surface area contributed by atoms with Crippen molar-refractivity contribution in [2.24, 2.45) is 23.7 Å². The first kappa shape index (κ1) is 66.1. The van der Waals surface area contributed by atoms with E-state index in [9.17, 15) is 68.4 Å². The third-order valence-electron chi connectivity index (χ3n) is 13.3. The van der Waals surface area contributed by atoms with E-state index >= 15 is 0 Å². The summed E-state index contributed by atoms with van der Waals surface area (Å²) < 4.78 is 5.29. The van der Waals surface area contributed by atoms with Gasteiger partial charge in [-0.25, -0.2) is 4.79 Å². The highest BCUT2D eigenvalue weighted by atomic mass is 16.5. The largest absolute Gasteiger partial charge is 0.445 e. The summed E-state index contributed by atoms with van der Waals surface area (Å²) in [7, 11) is 0. The van der Waals surface area contributed by atoms with Gasteiger partial charge in [0.15, 0.2) is 0 Å². The lowest BCUT2D eigenvalue weighted by atomic mass is 9.91. The van der Waals surface area contributed by atoms with Crippen molar-refractivity contribution in [3.8, 4) is 0 Å². The highest BCUT2D eigenvalue weighted by Gasteiger charge is 2.39. The number of rotatable bonds is 17. The molecule has 12 atom stereocenters. The zero-order valence-corrected chi connectivity index (χ0v) is 46.2. The maximum absolute atomic E-state index is 14.5. The summed E-state index contributed by atoms with van der Waals surface area (Å²) >= 11 is 0. The van der Waals surface area contributed by atoms with Crippen LogP contribution in [0.3, 0.4) is 0 Å². The number of amides is 10. The monoisotopic (exact) mass is 1110 g/mol. The number of hydrogen-bond acceptors (Lipinski definition) is 15. The van der Waals surface area contributed by atoms with Crippen LogP contribution in [0.25, 0.3) is 0 Å². The first-order valence-corrected chi connectivity index (χ1v) is 26.7. The SMILES string of the molecule is CCC(C)[C@@H]1NC(=O)[C@@H](CCCCNC(=O)OCc2ccccc2)NC(=O)[C@H](CC(C)C)NC(=O)[C@H]([C@H](O)C(C)C)NC(=O)[C@@H](C)[C@@H](c2ccccc2)NC(=O)C(CO)NC(=O)[C@H](CO)NC(=O)CNC(=O)[C@H]([C@H](C)O)NC1=O. The molecule has 25 heteroatoms. The number of unbranched alkanes of at least 4 members (excludes halogenated alkanes) is 1. The van der Waals surface area contributed by atoms with Crippen LogP contribution in [0.2, 0.25) is 0 Å². The molecule has 10 amide bonds. The molecule has 0 aliphatic carbocycles. The van der Waals surface area contributed by atoms with E-state index in [1.807, 2.05) is 6.07 Å². The van der Waals surface area contributed by atoms with E-state index in [-0.39, 0.29) is 44.8 Å². The molecule has 25 nitrogen and oxygen atoms in total. The highest BCUT2D eigenvalue weighted by Crippen LogP contribution is 2.24. The fourth-order valence-corrected chi connectivity index (χ4v) is 8.27. The topological polar surface area (TPSA) is 381 Å². The second-order valence-corrected chi connectivity index (χ2v) is 20.5. The van der Waals surface area contributed by atoms with Gasteiger partial charge >= 0.3 is 6.09 Å². The molecule has 1 aliphatic heterocycles. The van der Waals surface area contributed by atoms with Gasteiger partial charge in [-0.3, -0.25) is 43.2 Å². The molecule has 0 spiro atoms. The molecule has 2 aromatic carbocycles. The van der Waals surface area contributed by atoms with Crippen molar-refractivity contribution in [2.75, 3.05) is 26.3 Å². The normalized spacial score (nSPS) is 25.2. The highest BCUT2D eigenvalue weighted by molar-refractivity contribution is 5.98. The Hall–Kier alpha value is -7.22. The van der Waals surface area contributed by atoms with Gasteiger partial charge in [0, 0.05) is 6.54 Å². The maximum atomic E-state index is 14.5. The van der Waals surface area contributed by atoms with Gasteiger partial charge in [-0.05, 0) is 61.5 Å². The molecule has 1 aliphatic rings. The number of hydrogen-bond donors (Lipinski definition) is 14. The Morgan fingerprint density at radius 3 is 1.71 bits per heavy atom. The summed E-state index contributed by atoms with van der Waals surface area (Å²) in [6.45, 7) is 9.92. The van der Waals surface area contributed by atoms with Gasteiger partial charge in [0.25, 0.3) is 0 Å². The van der Waals surface area contributed by atoms with Crippen molar-refractivity contribution in [2.45, 2.75) is 155 Å². The van der Waals surface area contributed by atoms with Crippen LogP contribution < -0.4 is 53.2 Å². The third-order valence-corrected chi connectivity index (χ3v) is 13.3. The van der Waals surface area contributed by atoms with Crippen LogP contribution in [0.15, 0.2) is 60.7 Å². The molecule has 0 aromatic heterocycles. The molecule has 0 bridgehead atoms. The summed E-state index contributed by atoms with van der Waals surface area (Å²) in [6.07, 6.45) is -3.13. The van der Waals surface area contributed by atoms with E-state index in [2.05, 4.69) is 53.2 Å². The summed E-state index contributed by atoms with van der Waals surface area (Å²) in [4.78, 5) is 138. The van der Waals surface area contributed by atoms with Gasteiger partial charge in [0.1, 0.15) is 48.9 Å². The maximum Gasteiger partial charge on any atom is 0.407 e. The molecular formula is C54H82N10O15. The van der Waals surface area contributed by atoms with Crippen molar-refractivity contribution >= 4 is 59.3 Å². The zero-order valence-electron chi connectivity index (χ0n) is 46.2. The lowest BCUT2D eigenvalue weighted by Gasteiger charge is -2.32. The van der Waals surface area contributed by atoms with Crippen molar-refractivity contribution < 1.29 is 73.1 Å². The molecule has 2 unspecified atom stereocenters. The Morgan fingerprint density at radius 1 is 0.608 bits per heavy atom. The molecule has 0 radical (unpaired) electrons. The van der Waals surface area contributed by atoms with Crippen LogP contribution in [-0.2, 0) is 54.5 Å². The number of benzene rings is 2. The standard InChI is InChI=1S/C54H82N10O15/c1-9-31(6)41-52(76)63-43(33(8)67)51(75)56-25-40(68)57-38(26-65)49(73)60-39(27-66)50(74)62-42(35-20-14-11-15-21-35)32(7)46(70)64-44(45(69)30(4)5)53(77)59-37(24-29(2)3)48(72)58-36(47(71)61-41)22-16-17-23-55-54(78)79-28-34-18-12-10-13-19-34/h10-15,18-21,29-33,36-39,41-45,65-67,69H,9,16-17,22-28H2,1-8H3,(H,55,78)(H,56,75)(H,57,68)(H,58,72)(H,59,77)(H,60,73)(H,61,71)(H,62,74)(H,63,76)(H,64,70)/t31?,32-,33-,36+,37-,38-,39?,41-,42-,43-,44-,45+/m0/s1. The Bertz CT molecular complexity index is 2340. The Labute approximate surface area is 460 Å². The minimum atomic E-state index is -1.74. The Balaban J connectivity index is 2.11. The molecule has 14 N–H and O–H groups in total. The minimum absolute atomic E-state index is 0.0121. The van der Waals surface area contributed by atoms with Crippen molar-refractivity contribution in [1.82, 2.24) is 53.2 Å². The summed E-state index contributed by atoms with van der Waals surface area (Å²) in [5.74, 6) is -11.6. The van der Waals surface area contributed by atoms with E-state index in [1.54, 1.807) is 96.1 Å². The van der Waals surface area contributed by atoms with E-state index < -0.39 is 157 Å². The quantitative estimate of drug-likeness (QED) is 0.0809. The predicted octanol–water partition coefficient (Wildman–Crippen LogP) is -1.43. The number of carbonyl (C=O) groups is 10. The number of ether oxygens (including phenoxy) is 1. The molecule has 1 saturated heterocycles. The number of aliphatic hydroxyl groups excluding tert-OH is 4. The van der Waals surface area contributed by atoms with Crippen molar-refractivity contribution in [1.29, 1.82) is 0 Å². The van der Waals surface area contributed by atoms with Crippen LogP contribution in [0.1, 0.15) is 105 Å². The van der Waals surface area contributed by atoms with Crippen LogP contribution in [0.4, 0.5) is 4.79 Å². The smallest absolute Gasteiger partial charge is 0.407 e. The van der Waals surface area contributed by atoms with Gasteiger partial charge < -0.3 is 78.3 Å². The molecule has 79 heavy (non-hydrogen) atoms. The molecule has 0 saturated carbocycles. The Kier molecular flexibility index (Phi) is 27.8. The summed E-state index contributed by atoms with van der Waals surface area (Å²) in [5, 5.41) is 67.6. The van der Waals surface area contributed by atoms with E-state index in [0.717, 1.165) is 5.56 Å². The Morgan fingerprint density at radius 2 is 1.13 bits per heavy atom. The van der Waals surface area contributed by atoms with E-state index in [0.29, 0.717) is 12.0 Å². The second-order valence-electron chi connectivity index (χ2n) is 20.5. The summed E-state index contributed by atoms with van der Waals surface area (Å²) in [6, 6.07) is 4.79. The molecule has 438 valence electrons. The number of alkyl carbamates (subject to hydrolysis) is 1. The fraction of sp³-hybridized carbons (Fsp3) is 0.593. The molecule has 2 aromatic rings. The van der Waals surface area contributed by atoms with Crippen molar-refractivity contribution in [3.05, 3.63) is 71.8 Å². The number of carbonyl (C=O) groups excluding carboxylic acids is 10. The van der Waals surface area contributed by atoms with Gasteiger partial charge in [-0.15, -0.1) is 0 Å². The first-order chi connectivity index (χ1) is 37.4. The van der Waals surface area contributed by atoms with Crippen LogP contribution in [0.5, 0.6) is 0 Å². The lowest BCUT2D eigenvalue weighted by molar-refractivity contribution is -0.138. The van der Waals surface area contributed by atoms with E-state index in [4.69, 9.17) is 4.74 Å². The lowest BCUT2D eigenvalue weighted by Crippen LogP contribution is -2.62. The van der Waals surface area contributed by atoms with Crippen LogP contribution in [-0.4, -0.2) is 160 Å². The summed E-state index contributed by atoms with van der Waals surface area (Å²) in [5.41, 5.74) is 1.14. The minimum Gasteiger partial charge on any atom is -0.445 e. The fourth-order valence-electron chi connectivity index (χ4n) is 8.27. The van der Waals surface area contributed by atoms with Gasteiger partial charge in [-0.1, -0.05) is 116 Å². The average Bonchev–Trinajstić information content (AvgIpc) is 3.42. The van der Waals surface area contributed by atoms with Crippen molar-refractivity contribution in [3.63, 3.8) is 0 Å². The number of aliphatic hydroxyl groups is 4. The van der Waals surface area contributed by atoms with Crippen LogP contribution in [0, 0.1) is 23.7 Å². The van der Waals surface area contributed by atoms with Crippen LogP contribution >= 0.6 is 0 Å². The molecule has 1 fully saturated rings. The molecule has 3 rings (SSSR count). The third kappa shape index (κ3) is 21.5. The first-order valence-electron chi connectivity index (χ1n) is 26.7.